The van der Waals surface area contributed by atoms with Crippen molar-refractivity contribution in [1.82, 2.24) is 0 Å². The highest BCUT2D eigenvalue weighted by atomic mass is 32.2. The van der Waals surface area contributed by atoms with E-state index in [9.17, 15) is 5.11 Å². The van der Waals surface area contributed by atoms with Crippen molar-refractivity contribution < 1.29 is 19.0 Å². The van der Waals surface area contributed by atoms with Crippen molar-refractivity contribution in [2.45, 2.75) is 38.5 Å². The van der Waals surface area contributed by atoms with Crippen molar-refractivity contribution in [2.24, 2.45) is 0 Å². The number of hydrogen-bond donors (Lipinski definition) is 1. The maximum absolute atomic E-state index is 11.5. The standard InChI is InChI=1S/C31H38O4S2Si/c1-31(2,3)38(26-11-7-5-8-12-26,27-13-9-6-10-14-27)35-22-28(32)30-29(36-19-20-37-30)23-34-21-24-15-17-25(33-4)18-16-24/h5-18,28,32H,19-23H2,1-4H3/t28-/m1/s1. The van der Waals surface area contributed by atoms with Gasteiger partial charge in [0.2, 0.25) is 0 Å². The van der Waals surface area contributed by atoms with E-state index in [4.69, 9.17) is 13.9 Å². The summed E-state index contributed by atoms with van der Waals surface area (Å²) in [6, 6.07) is 29.1. The molecule has 4 rings (SSSR count). The van der Waals surface area contributed by atoms with Crippen LogP contribution in [-0.2, 0) is 15.8 Å². The van der Waals surface area contributed by atoms with Gasteiger partial charge >= 0.3 is 0 Å². The molecular weight excluding hydrogens is 529 g/mol. The zero-order valence-electron chi connectivity index (χ0n) is 22.7. The van der Waals surface area contributed by atoms with Crippen molar-refractivity contribution in [1.29, 1.82) is 0 Å². The summed E-state index contributed by atoms with van der Waals surface area (Å²) in [7, 11) is -1.05. The van der Waals surface area contributed by atoms with Crippen LogP contribution in [-0.4, -0.2) is 51.4 Å². The molecule has 3 aromatic rings. The van der Waals surface area contributed by atoms with E-state index < -0.39 is 14.4 Å². The number of thioether (sulfide) groups is 2. The number of benzene rings is 3. The summed E-state index contributed by atoms with van der Waals surface area (Å²) in [4.78, 5) is 2.09. The minimum Gasteiger partial charge on any atom is -0.497 e. The normalized spacial score (nSPS) is 15.4. The third-order valence-corrected chi connectivity index (χ3v) is 14.5. The lowest BCUT2D eigenvalue weighted by molar-refractivity contribution is 0.129. The second-order valence-corrected chi connectivity index (χ2v) is 16.9. The van der Waals surface area contributed by atoms with E-state index in [1.54, 1.807) is 30.6 Å². The van der Waals surface area contributed by atoms with Crippen molar-refractivity contribution >= 4 is 42.2 Å². The fourth-order valence-corrected chi connectivity index (χ4v) is 11.9. The Morgan fingerprint density at radius 1 is 0.816 bits per heavy atom. The molecule has 3 aromatic carbocycles. The Labute approximate surface area is 236 Å². The van der Waals surface area contributed by atoms with Gasteiger partial charge in [0.15, 0.2) is 0 Å². The number of rotatable bonds is 11. The summed E-state index contributed by atoms with van der Waals surface area (Å²) in [6.45, 7) is 8.02. The monoisotopic (exact) mass is 566 g/mol. The van der Waals surface area contributed by atoms with E-state index in [2.05, 4.69) is 69.3 Å². The molecule has 0 spiro atoms. The molecule has 0 amide bonds. The summed E-state index contributed by atoms with van der Waals surface area (Å²) < 4.78 is 18.3. The summed E-state index contributed by atoms with van der Waals surface area (Å²) in [5.74, 6) is 2.82. The molecule has 0 saturated heterocycles. The van der Waals surface area contributed by atoms with Gasteiger partial charge in [-0.15, -0.1) is 23.5 Å². The lowest BCUT2D eigenvalue weighted by Crippen LogP contribution is -2.67. The number of aliphatic hydroxyl groups is 1. The molecule has 0 aromatic heterocycles. The Hall–Kier alpha value is -2.00. The number of hydrogen-bond acceptors (Lipinski definition) is 6. The maximum Gasteiger partial charge on any atom is 0.261 e. The molecule has 0 saturated carbocycles. The molecule has 1 aliphatic rings. The second-order valence-electron chi connectivity index (χ2n) is 10.3. The summed E-state index contributed by atoms with van der Waals surface area (Å²) >= 11 is 3.51. The molecule has 4 nitrogen and oxygen atoms in total. The fourth-order valence-electron chi connectivity index (χ4n) is 4.89. The van der Waals surface area contributed by atoms with E-state index in [0.29, 0.717) is 13.2 Å². The highest BCUT2D eigenvalue weighted by Crippen LogP contribution is 2.39. The number of aliphatic hydroxyl groups excluding tert-OH is 1. The summed E-state index contributed by atoms with van der Waals surface area (Å²) in [5, 5.41) is 13.8. The maximum atomic E-state index is 11.5. The SMILES string of the molecule is COc1ccc(COCC2=C([C@H](O)CO[Si](c3ccccc3)(c3ccccc3)C(C)(C)C)SCCS2)cc1. The van der Waals surface area contributed by atoms with Crippen LogP contribution in [0.15, 0.2) is 94.7 Å². The minimum atomic E-state index is -2.72. The minimum absolute atomic E-state index is 0.136. The Bertz CT molecular complexity index is 1140. The van der Waals surface area contributed by atoms with Gasteiger partial charge in [-0.3, -0.25) is 0 Å². The van der Waals surface area contributed by atoms with E-state index in [1.165, 1.54) is 10.4 Å². The Morgan fingerprint density at radius 2 is 1.39 bits per heavy atom. The van der Waals surface area contributed by atoms with Crippen LogP contribution in [0.1, 0.15) is 26.3 Å². The van der Waals surface area contributed by atoms with Crippen molar-refractivity contribution in [3.05, 3.63) is 100 Å². The first-order valence-corrected chi connectivity index (χ1v) is 16.9. The molecule has 0 bridgehead atoms. The van der Waals surface area contributed by atoms with Crippen LogP contribution >= 0.6 is 23.5 Å². The predicted octanol–water partition coefficient (Wildman–Crippen LogP) is 5.84. The van der Waals surface area contributed by atoms with Crippen molar-refractivity contribution in [3.63, 3.8) is 0 Å². The van der Waals surface area contributed by atoms with Gasteiger partial charge in [0, 0.05) is 21.3 Å². The lowest BCUT2D eigenvalue weighted by atomic mass is 10.2. The first-order chi connectivity index (χ1) is 18.3. The van der Waals surface area contributed by atoms with Gasteiger partial charge in [-0.25, -0.2) is 0 Å². The smallest absolute Gasteiger partial charge is 0.261 e. The third-order valence-electron chi connectivity index (χ3n) is 6.73. The van der Waals surface area contributed by atoms with Crippen LogP contribution in [0.2, 0.25) is 5.04 Å². The van der Waals surface area contributed by atoms with Crippen LogP contribution in [0.5, 0.6) is 5.75 Å². The van der Waals surface area contributed by atoms with Crippen LogP contribution in [0, 0.1) is 0 Å². The predicted molar refractivity (Wildman–Crippen MR) is 164 cm³/mol. The third kappa shape index (κ3) is 6.76. The zero-order chi connectivity index (χ0) is 27.0. The second kappa shape index (κ2) is 13.4. The average molecular weight is 567 g/mol. The van der Waals surface area contributed by atoms with Gasteiger partial charge in [0.25, 0.3) is 8.32 Å². The largest absolute Gasteiger partial charge is 0.497 e. The summed E-state index contributed by atoms with van der Waals surface area (Å²) in [6.07, 6.45) is -0.700. The van der Waals surface area contributed by atoms with Gasteiger partial charge < -0.3 is 19.0 Å². The van der Waals surface area contributed by atoms with Gasteiger partial charge in [0.1, 0.15) is 11.9 Å². The van der Waals surface area contributed by atoms with E-state index >= 15 is 0 Å². The molecule has 1 atom stereocenters. The Morgan fingerprint density at radius 3 is 1.95 bits per heavy atom. The van der Waals surface area contributed by atoms with Crippen LogP contribution in [0.4, 0.5) is 0 Å². The quantitative estimate of drug-likeness (QED) is 0.294. The molecule has 1 N–H and O–H groups in total. The van der Waals surface area contributed by atoms with Crippen LogP contribution in [0.25, 0.3) is 0 Å². The summed E-state index contributed by atoms with van der Waals surface area (Å²) in [5.41, 5.74) is 1.09. The molecule has 0 fully saturated rings. The van der Waals surface area contributed by atoms with Gasteiger partial charge in [-0.05, 0) is 33.1 Å². The van der Waals surface area contributed by atoms with E-state index in [0.717, 1.165) is 32.6 Å². The van der Waals surface area contributed by atoms with Crippen molar-refractivity contribution in [2.75, 3.05) is 31.8 Å². The molecule has 0 unspecified atom stereocenters. The molecule has 7 heteroatoms. The number of methoxy groups -OCH3 is 1. The van der Waals surface area contributed by atoms with E-state index in [-0.39, 0.29) is 11.6 Å². The van der Waals surface area contributed by atoms with E-state index in [1.807, 2.05) is 36.4 Å². The molecule has 1 aliphatic heterocycles. The van der Waals surface area contributed by atoms with Crippen LogP contribution < -0.4 is 15.1 Å². The molecule has 202 valence electrons. The average Bonchev–Trinajstić information content (AvgIpc) is 2.94. The van der Waals surface area contributed by atoms with Gasteiger partial charge in [-0.2, -0.15) is 0 Å². The molecule has 0 radical (unpaired) electrons. The number of ether oxygens (including phenoxy) is 2. The van der Waals surface area contributed by atoms with Crippen LogP contribution in [0.3, 0.4) is 0 Å². The fraction of sp³-hybridized carbons (Fsp3) is 0.355. The molecule has 38 heavy (non-hydrogen) atoms. The van der Waals surface area contributed by atoms with Gasteiger partial charge in [0.05, 0.1) is 26.9 Å². The highest BCUT2D eigenvalue weighted by molar-refractivity contribution is 8.10. The lowest BCUT2D eigenvalue weighted by Gasteiger charge is -2.43. The van der Waals surface area contributed by atoms with Gasteiger partial charge in [-0.1, -0.05) is 93.6 Å². The zero-order valence-corrected chi connectivity index (χ0v) is 25.3. The highest BCUT2D eigenvalue weighted by Gasteiger charge is 2.50. The molecule has 1 heterocycles. The first kappa shape index (κ1) is 29.0. The Kier molecular flexibility index (Phi) is 10.2. The molecule has 0 aliphatic carbocycles. The molecular formula is C31H38O4S2Si. The first-order valence-electron chi connectivity index (χ1n) is 13.0. The van der Waals surface area contributed by atoms with Crippen molar-refractivity contribution in [3.8, 4) is 5.75 Å². The Balaban J connectivity index is 1.54. The topological polar surface area (TPSA) is 47.9 Å².